The second-order valence-corrected chi connectivity index (χ2v) is 12.5. The average molecular weight is 515 g/mol. The molecule has 3 aromatic rings. The number of hydrogen-bond acceptors (Lipinski definition) is 7. The van der Waals surface area contributed by atoms with E-state index in [2.05, 4.69) is 29.4 Å². The lowest BCUT2D eigenvalue weighted by Gasteiger charge is -2.30. The summed E-state index contributed by atoms with van der Waals surface area (Å²) in [7, 11) is -1.98. The van der Waals surface area contributed by atoms with Gasteiger partial charge in [0.1, 0.15) is 0 Å². The monoisotopic (exact) mass is 514 g/mol. The number of rotatable bonds is 8. The summed E-state index contributed by atoms with van der Waals surface area (Å²) < 4.78 is 33.1. The number of aromatic nitrogens is 2. The van der Waals surface area contributed by atoms with Gasteiger partial charge in [0.2, 0.25) is 15.9 Å². The maximum Gasteiger partial charge on any atom is 0.322 e. The van der Waals surface area contributed by atoms with Crippen LogP contribution in [0.25, 0.3) is 11.5 Å². The molecule has 0 atom stereocenters. The molecule has 0 bridgehead atoms. The van der Waals surface area contributed by atoms with Gasteiger partial charge in [0, 0.05) is 34.4 Å². The Hall–Kier alpha value is -2.69. The molecular formula is C25H30N4O4S2. The van der Waals surface area contributed by atoms with Crippen molar-refractivity contribution in [1.82, 2.24) is 14.5 Å². The van der Waals surface area contributed by atoms with Crippen LogP contribution >= 0.6 is 11.8 Å². The van der Waals surface area contributed by atoms with Gasteiger partial charge < -0.3 is 4.42 Å². The second kappa shape index (κ2) is 10.9. The van der Waals surface area contributed by atoms with Crippen LogP contribution in [0.15, 0.2) is 62.7 Å². The van der Waals surface area contributed by atoms with Crippen LogP contribution in [0, 0.1) is 0 Å². The van der Waals surface area contributed by atoms with Crippen molar-refractivity contribution in [2.75, 3.05) is 12.4 Å². The molecule has 1 aliphatic rings. The molecular weight excluding hydrogens is 484 g/mol. The molecule has 0 aliphatic heterocycles. The lowest BCUT2D eigenvalue weighted by Crippen LogP contribution is -2.38. The molecule has 1 amide bonds. The smallest absolute Gasteiger partial charge is 0.322 e. The van der Waals surface area contributed by atoms with E-state index in [1.165, 1.54) is 28.6 Å². The van der Waals surface area contributed by atoms with Crippen LogP contribution in [-0.4, -0.2) is 47.2 Å². The van der Waals surface area contributed by atoms with Crippen LogP contribution < -0.4 is 5.32 Å². The van der Waals surface area contributed by atoms with Gasteiger partial charge in [0.15, 0.2) is 0 Å². The van der Waals surface area contributed by atoms with Crippen molar-refractivity contribution in [3.8, 4) is 11.5 Å². The first-order valence-corrected chi connectivity index (χ1v) is 14.1. The van der Waals surface area contributed by atoms with Crippen LogP contribution in [0.1, 0.15) is 56.3 Å². The molecule has 1 fully saturated rings. The van der Waals surface area contributed by atoms with Gasteiger partial charge in [0.25, 0.3) is 5.91 Å². The van der Waals surface area contributed by atoms with Gasteiger partial charge in [-0.1, -0.05) is 44.3 Å². The molecule has 1 aromatic heterocycles. The van der Waals surface area contributed by atoms with E-state index in [1.54, 1.807) is 18.8 Å². The normalized spacial score (nSPS) is 15.0. The summed E-state index contributed by atoms with van der Waals surface area (Å²) in [5.74, 6) is -0.160. The maximum absolute atomic E-state index is 13.0. The van der Waals surface area contributed by atoms with Gasteiger partial charge in [-0.05, 0) is 55.3 Å². The maximum atomic E-state index is 13.0. The summed E-state index contributed by atoms with van der Waals surface area (Å²) in [6.45, 7) is 4.24. The number of carbonyl (C=O) groups is 1. The van der Waals surface area contributed by atoms with Crippen molar-refractivity contribution in [3.05, 3.63) is 54.1 Å². The molecule has 10 heteroatoms. The van der Waals surface area contributed by atoms with Crippen molar-refractivity contribution in [1.29, 1.82) is 0 Å². The Morgan fingerprint density at radius 3 is 2.49 bits per heavy atom. The summed E-state index contributed by atoms with van der Waals surface area (Å²) in [5.41, 5.74) is 1.06. The largest absolute Gasteiger partial charge is 0.403 e. The van der Waals surface area contributed by atoms with Gasteiger partial charge in [-0.15, -0.1) is 16.9 Å². The fourth-order valence-electron chi connectivity index (χ4n) is 4.12. The van der Waals surface area contributed by atoms with E-state index in [4.69, 9.17) is 4.42 Å². The Morgan fingerprint density at radius 2 is 1.80 bits per heavy atom. The number of carbonyl (C=O) groups excluding carboxylic acids is 1. The topological polar surface area (TPSA) is 105 Å². The quantitative estimate of drug-likeness (QED) is 0.399. The number of nitrogens with one attached hydrogen (secondary N) is 1. The molecule has 0 unspecified atom stereocenters. The van der Waals surface area contributed by atoms with Gasteiger partial charge in [-0.2, -0.15) is 4.31 Å². The standard InChI is InChI=1S/C25H30N4O4S2/c1-17(2)34-21-11-7-8-19(16-21)24-27-28-25(33-24)26-23(30)18-12-14-22(15-13-18)35(31,32)29(3)20-9-5-4-6-10-20/h7-8,11-17,20H,4-6,9-10H2,1-3H3,(H,26,28,30). The summed E-state index contributed by atoms with van der Waals surface area (Å²) in [6.07, 6.45) is 5.00. The minimum atomic E-state index is -3.62. The predicted molar refractivity (Wildman–Crippen MR) is 137 cm³/mol. The van der Waals surface area contributed by atoms with Gasteiger partial charge >= 0.3 is 6.01 Å². The highest BCUT2D eigenvalue weighted by molar-refractivity contribution is 7.99. The number of thioether (sulfide) groups is 1. The zero-order valence-electron chi connectivity index (χ0n) is 20.1. The molecule has 1 saturated carbocycles. The van der Waals surface area contributed by atoms with E-state index in [1.807, 2.05) is 24.3 Å². The summed E-state index contributed by atoms with van der Waals surface area (Å²) in [4.78, 5) is 13.9. The fourth-order valence-corrected chi connectivity index (χ4v) is 6.43. The summed E-state index contributed by atoms with van der Waals surface area (Å²) >= 11 is 1.73. The molecule has 2 aromatic carbocycles. The van der Waals surface area contributed by atoms with Crippen molar-refractivity contribution < 1.29 is 17.6 Å². The SMILES string of the molecule is CC(C)Sc1cccc(-c2nnc(NC(=O)c3ccc(S(=O)(=O)N(C)C4CCCCC4)cc3)o2)c1. The number of anilines is 1. The number of nitrogens with zero attached hydrogens (tertiary/aromatic N) is 3. The molecule has 1 N–H and O–H groups in total. The molecule has 8 nitrogen and oxygen atoms in total. The van der Waals surface area contributed by atoms with Gasteiger partial charge in [-0.3, -0.25) is 10.1 Å². The van der Waals surface area contributed by atoms with E-state index < -0.39 is 15.9 Å². The zero-order chi connectivity index (χ0) is 25.0. The minimum absolute atomic E-state index is 0.0214. The Labute approximate surface area is 210 Å². The fraction of sp³-hybridized carbons (Fsp3) is 0.400. The highest BCUT2D eigenvalue weighted by Crippen LogP contribution is 2.29. The number of sulfonamides is 1. The van der Waals surface area contributed by atoms with E-state index in [-0.39, 0.29) is 17.0 Å². The second-order valence-electron chi connectivity index (χ2n) is 8.90. The predicted octanol–water partition coefficient (Wildman–Crippen LogP) is 5.44. The van der Waals surface area contributed by atoms with Crippen LogP contribution in [0.4, 0.5) is 6.01 Å². The van der Waals surface area contributed by atoms with Gasteiger partial charge in [-0.25, -0.2) is 8.42 Å². The molecule has 186 valence electrons. The average Bonchev–Trinajstić information content (AvgIpc) is 3.32. The number of benzene rings is 2. The van der Waals surface area contributed by atoms with E-state index in [0.717, 1.165) is 42.6 Å². The Balaban J connectivity index is 1.42. The Kier molecular flexibility index (Phi) is 7.93. The van der Waals surface area contributed by atoms with Crippen molar-refractivity contribution >= 4 is 33.7 Å². The van der Waals surface area contributed by atoms with Crippen molar-refractivity contribution in [2.45, 2.75) is 67.0 Å². The molecule has 0 radical (unpaired) electrons. The van der Waals surface area contributed by atoms with Crippen LogP contribution in [0.5, 0.6) is 0 Å². The zero-order valence-corrected chi connectivity index (χ0v) is 21.7. The first kappa shape index (κ1) is 25.4. The number of amides is 1. The summed E-state index contributed by atoms with van der Waals surface area (Å²) in [5, 5.41) is 11.0. The third-order valence-electron chi connectivity index (χ3n) is 5.98. The Bertz CT molecular complexity index is 1270. The Morgan fingerprint density at radius 1 is 1.09 bits per heavy atom. The molecule has 1 heterocycles. The molecule has 4 rings (SSSR count). The lowest BCUT2D eigenvalue weighted by molar-refractivity contribution is 0.102. The van der Waals surface area contributed by atoms with Crippen LogP contribution in [0.2, 0.25) is 0 Å². The molecule has 1 aliphatic carbocycles. The third-order valence-corrected chi connectivity index (χ3v) is 8.90. The third kappa shape index (κ3) is 6.12. The van der Waals surface area contributed by atoms with Crippen molar-refractivity contribution in [3.63, 3.8) is 0 Å². The van der Waals surface area contributed by atoms with Crippen LogP contribution in [-0.2, 0) is 10.0 Å². The van der Waals surface area contributed by atoms with E-state index in [9.17, 15) is 13.2 Å². The minimum Gasteiger partial charge on any atom is -0.403 e. The first-order valence-electron chi connectivity index (χ1n) is 11.7. The molecule has 0 spiro atoms. The van der Waals surface area contributed by atoms with E-state index >= 15 is 0 Å². The summed E-state index contributed by atoms with van der Waals surface area (Å²) in [6, 6.07) is 13.7. The van der Waals surface area contributed by atoms with Crippen LogP contribution in [0.3, 0.4) is 0 Å². The van der Waals surface area contributed by atoms with Gasteiger partial charge in [0.05, 0.1) is 4.90 Å². The van der Waals surface area contributed by atoms with E-state index in [0.29, 0.717) is 16.7 Å². The molecule has 0 saturated heterocycles. The number of hydrogen-bond donors (Lipinski definition) is 1. The highest BCUT2D eigenvalue weighted by atomic mass is 32.2. The highest BCUT2D eigenvalue weighted by Gasteiger charge is 2.29. The first-order chi connectivity index (χ1) is 16.7. The molecule has 35 heavy (non-hydrogen) atoms. The van der Waals surface area contributed by atoms with Crippen molar-refractivity contribution in [2.24, 2.45) is 0 Å². The lowest BCUT2D eigenvalue weighted by atomic mass is 9.96.